The number of nitrogens with one attached hydrogen (secondary N) is 2. The van der Waals surface area contributed by atoms with Crippen LogP contribution in [0.5, 0.6) is 0 Å². The number of hydrogen-bond acceptors (Lipinski definition) is 4. The molecule has 0 atom stereocenters. The minimum absolute atomic E-state index is 0.0966. The van der Waals surface area contributed by atoms with Crippen LogP contribution >= 0.6 is 0 Å². The fourth-order valence-corrected chi connectivity index (χ4v) is 4.21. The molecule has 0 bridgehead atoms. The number of aryl methyl sites for hydroxylation is 1. The van der Waals surface area contributed by atoms with Crippen LogP contribution in [0.1, 0.15) is 34.3 Å². The molecular formula is C28H31N3O2. The van der Waals surface area contributed by atoms with Crippen molar-refractivity contribution in [1.29, 1.82) is 0 Å². The Morgan fingerprint density at radius 1 is 0.970 bits per heavy atom. The first-order chi connectivity index (χ1) is 16.2. The van der Waals surface area contributed by atoms with Crippen molar-refractivity contribution in [1.82, 2.24) is 5.32 Å². The van der Waals surface area contributed by atoms with E-state index in [9.17, 15) is 4.79 Å². The van der Waals surface area contributed by atoms with E-state index in [0.29, 0.717) is 11.6 Å². The van der Waals surface area contributed by atoms with E-state index in [1.165, 1.54) is 18.4 Å². The maximum atomic E-state index is 13.0. The predicted octanol–water partition coefficient (Wildman–Crippen LogP) is 5.00. The van der Waals surface area contributed by atoms with Gasteiger partial charge in [0, 0.05) is 42.6 Å². The van der Waals surface area contributed by atoms with E-state index in [1.54, 1.807) is 0 Å². The van der Waals surface area contributed by atoms with Crippen molar-refractivity contribution in [2.75, 3.05) is 36.5 Å². The molecule has 0 spiro atoms. The lowest BCUT2D eigenvalue weighted by molar-refractivity contribution is 0.102. The van der Waals surface area contributed by atoms with Crippen LogP contribution in [0.15, 0.2) is 66.7 Å². The van der Waals surface area contributed by atoms with Gasteiger partial charge in [-0.1, -0.05) is 30.3 Å². The van der Waals surface area contributed by atoms with Gasteiger partial charge in [0.15, 0.2) is 0 Å². The summed E-state index contributed by atoms with van der Waals surface area (Å²) in [6.07, 6.45) is 2.59. The molecule has 3 aromatic rings. The van der Waals surface area contributed by atoms with Crippen LogP contribution in [0.4, 0.5) is 11.4 Å². The van der Waals surface area contributed by atoms with Gasteiger partial charge in [-0.3, -0.25) is 4.79 Å². The van der Waals surface area contributed by atoms with Crippen molar-refractivity contribution in [2.24, 2.45) is 0 Å². The molecule has 2 aliphatic rings. The van der Waals surface area contributed by atoms with Crippen molar-refractivity contribution in [3.8, 4) is 11.1 Å². The van der Waals surface area contributed by atoms with Crippen LogP contribution in [-0.4, -0.2) is 38.3 Å². The van der Waals surface area contributed by atoms with E-state index in [4.69, 9.17) is 4.74 Å². The Hall–Kier alpha value is -3.15. The smallest absolute Gasteiger partial charge is 0.255 e. The fourth-order valence-electron chi connectivity index (χ4n) is 4.21. The van der Waals surface area contributed by atoms with Crippen LogP contribution in [0, 0.1) is 6.92 Å². The van der Waals surface area contributed by atoms with Crippen molar-refractivity contribution in [3.63, 3.8) is 0 Å². The summed E-state index contributed by atoms with van der Waals surface area (Å²) in [6.45, 7) is 6.31. The molecule has 2 fully saturated rings. The molecule has 170 valence electrons. The summed E-state index contributed by atoms with van der Waals surface area (Å²) in [5, 5.41) is 6.59. The maximum absolute atomic E-state index is 13.0. The Morgan fingerprint density at radius 2 is 1.70 bits per heavy atom. The van der Waals surface area contributed by atoms with Gasteiger partial charge in [-0.25, -0.2) is 0 Å². The number of benzene rings is 3. The van der Waals surface area contributed by atoms with E-state index < -0.39 is 0 Å². The Morgan fingerprint density at radius 3 is 2.39 bits per heavy atom. The molecule has 1 heterocycles. The normalized spacial score (nSPS) is 16.0. The number of carbonyl (C=O) groups excluding carboxylic acids is 1. The molecule has 1 saturated carbocycles. The molecule has 5 rings (SSSR count). The quantitative estimate of drug-likeness (QED) is 0.542. The summed E-state index contributed by atoms with van der Waals surface area (Å²) >= 11 is 0. The average Bonchev–Trinajstić information content (AvgIpc) is 3.69. The minimum Gasteiger partial charge on any atom is -0.378 e. The number of ether oxygens (including phenoxy) is 1. The second-order valence-electron chi connectivity index (χ2n) is 8.98. The van der Waals surface area contributed by atoms with E-state index >= 15 is 0 Å². The van der Waals surface area contributed by atoms with Gasteiger partial charge in [0.05, 0.1) is 13.2 Å². The second kappa shape index (κ2) is 9.77. The van der Waals surface area contributed by atoms with Gasteiger partial charge in [0.2, 0.25) is 0 Å². The molecule has 0 radical (unpaired) electrons. The minimum atomic E-state index is -0.0966. The Kier molecular flexibility index (Phi) is 6.42. The van der Waals surface area contributed by atoms with Crippen molar-refractivity contribution in [3.05, 3.63) is 83.4 Å². The maximum Gasteiger partial charge on any atom is 0.255 e. The van der Waals surface area contributed by atoms with E-state index in [0.717, 1.165) is 60.9 Å². The first-order valence-electron chi connectivity index (χ1n) is 11.8. The lowest BCUT2D eigenvalue weighted by Crippen LogP contribution is -2.36. The van der Waals surface area contributed by atoms with Crippen LogP contribution in [0.25, 0.3) is 11.1 Å². The highest BCUT2D eigenvalue weighted by Gasteiger charge is 2.20. The summed E-state index contributed by atoms with van der Waals surface area (Å²) in [5.41, 5.74) is 7.28. The monoisotopic (exact) mass is 441 g/mol. The van der Waals surface area contributed by atoms with Crippen LogP contribution in [0.3, 0.4) is 0 Å². The van der Waals surface area contributed by atoms with Gasteiger partial charge < -0.3 is 20.3 Å². The third kappa shape index (κ3) is 5.44. The lowest BCUT2D eigenvalue weighted by atomic mass is 9.97. The van der Waals surface area contributed by atoms with Crippen molar-refractivity contribution in [2.45, 2.75) is 32.4 Å². The standard InChI is InChI=1S/C28H31N3O2/c1-20-2-5-23(18-27(20)22-6-3-21(4-7-22)19-29-24-8-9-24)28(32)30-25-10-12-26(13-11-25)31-14-16-33-17-15-31/h2-7,10-13,18,24,29H,8-9,14-17,19H2,1H3,(H,30,32). The number of hydrogen-bond donors (Lipinski definition) is 2. The van der Waals surface area contributed by atoms with Crippen LogP contribution in [-0.2, 0) is 11.3 Å². The van der Waals surface area contributed by atoms with E-state index in [2.05, 4.69) is 58.9 Å². The molecule has 33 heavy (non-hydrogen) atoms. The van der Waals surface area contributed by atoms with E-state index in [-0.39, 0.29) is 5.91 Å². The zero-order valence-corrected chi connectivity index (χ0v) is 19.1. The number of rotatable bonds is 7. The number of nitrogens with zero attached hydrogens (tertiary/aromatic N) is 1. The average molecular weight is 442 g/mol. The molecular weight excluding hydrogens is 410 g/mol. The van der Waals surface area contributed by atoms with Gasteiger partial charge in [-0.15, -0.1) is 0 Å². The van der Waals surface area contributed by atoms with E-state index in [1.807, 2.05) is 30.3 Å². The molecule has 3 aromatic carbocycles. The summed E-state index contributed by atoms with van der Waals surface area (Å²) in [4.78, 5) is 15.3. The van der Waals surface area contributed by atoms with Gasteiger partial charge in [-0.2, -0.15) is 0 Å². The molecule has 5 heteroatoms. The number of carbonyl (C=O) groups is 1. The Labute approximate surface area is 195 Å². The first-order valence-corrected chi connectivity index (χ1v) is 11.8. The zero-order chi connectivity index (χ0) is 22.6. The Balaban J connectivity index is 1.26. The second-order valence-corrected chi connectivity index (χ2v) is 8.98. The molecule has 1 aliphatic heterocycles. The third-order valence-electron chi connectivity index (χ3n) is 6.44. The molecule has 0 unspecified atom stereocenters. The fraction of sp³-hybridized carbons (Fsp3) is 0.321. The van der Waals surface area contributed by atoms with Crippen LogP contribution in [0.2, 0.25) is 0 Å². The zero-order valence-electron chi connectivity index (χ0n) is 19.1. The largest absolute Gasteiger partial charge is 0.378 e. The third-order valence-corrected chi connectivity index (χ3v) is 6.44. The summed E-state index contributed by atoms with van der Waals surface area (Å²) in [5.74, 6) is -0.0966. The molecule has 5 nitrogen and oxygen atoms in total. The molecule has 1 aliphatic carbocycles. The topological polar surface area (TPSA) is 53.6 Å². The van der Waals surface area contributed by atoms with Gasteiger partial charge >= 0.3 is 0 Å². The molecule has 2 N–H and O–H groups in total. The highest BCUT2D eigenvalue weighted by Crippen LogP contribution is 2.26. The van der Waals surface area contributed by atoms with Crippen molar-refractivity contribution >= 4 is 17.3 Å². The summed E-state index contributed by atoms with van der Waals surface area (Å²) < 4.78 is 5.42. The molecule has 1 saturated heterocycles. The highest BCUT2D eigenvalue weighted by atomic mass is 16.5. The number of amides is 1. The van der Waals surface area contributed by atoms with Gasteiger partial charge in [-0.05, 0) is 78.4 Å². The first kappa shape index (κ1) is 21.7. The highest BCUT2D eigenvalue weighted by molar-refractivity contribution is 6.05. The van der Waals surface area contributed by atoms with Gasteiger partial charge in [0.1, 0.15) is 0 Å². The molecule has 1 amide bonds. The predicted molar refractivity (Wildman–Crippen MR) is 134 cm³/mol. The molecule has 0 aromatic heterocycles. The number of anilines is 2. The van der Waals surface area contributed by atoms with Crippen molar-refractivity contribution < 1.29 is 9.53 Å². The SMILES string of the molecule is Cc1ccc(C(=O)Nc2ccc(N3CCOCC3)cc2)cc1-c1ccc(CNC2CC2)cc1. The lowest BCUT2D eigenvalue weighted by Gasteiger charge is -2.28. The number of morpholine rings is 1. The Bertz CT molecular complexity index is 1100. The summed E-state index contributed by atoms with van der Waals surface area (Å²) in [6, 6.07) is 23.3. The summed E-state index contributed by atoms with van der Waals surface area (Å²) in [7, 11) is 0. The van der Waals surface area contributed by atoms with Gasteiger partial charge in [0.25, 0.3) is 5.91 Å². The van der Waals surface area contributed by atoms with Crippen LogP contribution < -0.4 is 15.5 Å².